The van der Waals surface area contributed by atoms with Crippen molar-refractivity contribution in [2.24, 2.45) is 7.05 Å². The molecule has 0 spiro atoms. The maximum atomic E-state index is 12.6. The summed E-state index contributed by atoms with van der Waals surface area (Å²) in [5.74, 6) is 0. The molecule has 0 aliphatic rings. The van der Waals surface area contributed by atoms with Crippen molar-refractivity contribution in [1.82, 2.24) is 9.78 Å². The van der Waals surface area contributed by atoms with Crippen LogP contribution in [0.4, 0.5) is 18.9 Å². The molecule has 19 heavy (non-hydrogen) atoms. The van der Waals surface area contributed by atoms with E-state index in [9.17, 15) is 13.2 Å². The van der Waals surface area contributed by atoms with Gasteiger partial charge in [-0.05, 0) is 5.56 Å². The van der Waals surface area contributed by atoms with Gasteiger partial charge in [-0.15, -0.1) is 0 Å². The summed E-state index contributed by atoms with van der Waals surface area (Å²) in [5.41, 5.74) is 1.17. The molecule has 1 aromatic heterocycles. The summed E-state index contributed by atoms with van der Waals surface area (Å²) in [6.07, 6.45) is -2.00. The van der Waals surface area contributed by atoms with E-state index in [-0.39, 0.29) is 0 Å². The molecule has 0 aliphatic heterocycles. The number of nitrogens with zero attached hydrogens (tertiary/aromatic N) is 2. The Morgan fingerprint density at radius 2 is 1.95 bits per heavy atom. The molecular weight excluding hydrogens is 255 g/mol. The third-order valence-electron chi connectivity index (χ3n) is 2.68. The van der Waals surface area contributed by atoms with Crippen molar-refractivity contribution in [3.8, 4) is 0 Å². The molecule has 6 heteroatoms. The smallest absolute Gasteiger partial charge is 0.375 e. The van der Waals surface area contributed by atoms with Gasteiger partial charge in [-0.25, -0.2) is 0 Å². The van der Waals surface area contributed by atoms with Gasteiger partial charge in [-0.2, -0.15) is 18.3 Å². The predicted molar refractivity (Wildman–Crippen MR) is 66.7 cm³/mol. The van der Waals surface area contributed by atoms with E-state index in [0.717, 1.165) is 0 Å². The number of rotatable bonds is 4. The molecule has 102 valence electrons. The van der Waals surface area contributed by atoms with Gasteiger partial charge in [-0.1, -0.05) is 30.3 Å². The molecule has 2 aromatic rings. The van der Waals surface area contributed by atoms with Gasteiger partial charge in [0, 0.05) is 13.2 Å². The first-order valence-corrected chi connectivity index (χ1v) is 5.81. The van der Waals surface area contributed by atoms with Gasteiger partial charge in [0.15, 0.2) is 0 Å². The van der Waals surface area contributed by atoms with Crippen LogP contribution in [0, 0.1) is 0 Å². The number of benzene rings is 1. The molecule has 0 saturated carbocycles. The van der Waals surface area contributed by atoms with Crippen LogP contribution in [0.3, 0.4) is 0 Å². The molecule has 0 radical (unpaired) electrons. The molecule has 1 N–H and O–H groups in total. The Morgan fingerprint density at radius 1 is 1.26 bits per heavy atom. The highest BCUT2D eigenvalue weighted by atomic mass is 19.4. The third-order valence-corrected chi connectivity index (χ3v) is 2.68. The number of nitrogens with one attached hydrogen (secondary N) is 1. The van der Waals surface area contributed by atoms with E-state index in [1.165, 1.54) is 10.9 Å². The van der Waals surface area contributed by atoms with Gasteiger partial charge < -0.3 is 5.32 Å². The number of aromatic nitrogens is 2. The summed E-state index contributed by atoms with van der Waals surface area (Å²) in [6, 6.07) is 7.77. The largest absolute Gasteiger partial charge is 0.391 e. The fourth-order valence-electron chi connectivity index (χ4n) is 1.87. The lowest BCUT2D eigenvalue weighted by Crippen LogP contribution is -2.19. The van der Waals surface area contributed by atoms with Crippen LogP contribution in [0.1, 0.15) is 18.0 Å². The quantitative estimate of drug-likeness (QED) is 0.920. The van der Waals surface area contributed by atoms with Gasteiger partial charge in [0.25, 0.3) is 0 Å². The summed E-state index contributed by atoms with van der Waals surface area (Å²) in [7, 11) is 1.71. The molecule has 0 bridgehead atoms. The van der Waals surface area contributed by atoms with Crippen molar-refractivity contribution < 1.29 is 13.2 Å². The summed E-state index contributed by atoms with van der Waals surface area (Å²) in [4.78, 5) is 0. The molecule has 1 aromatic carbocycles. The predicted octanol–water partition coefficient (Wildman–Crippen LogP) is 3.53. The minimum Gasteiger partial charge on any atom is -0.375 e. The van der Waals surface area contributed by atoms with Crippen LogP contribution in [0.5, 0.6) is 0 Å². The number of aryl methyl sites for hydroxylation is 1. The molecule has 0 saturated heterocycles. The Balaban J connectivity index is 2.19. The van der Waals surface area contributed by atoms with Gasteiger partial charge in [0.05, 0.1) is 24.3 Å². The van der Waals surface area contributed by atoms with Gasteiger partial charge in [0.2, 0.25) is 0 Å². The molecule has 0 aliphatic carbocycles. The SMILES string of the molecule is Cn1cc(NC(CC(F)(F)F)c2ccccc2)cn1. The number of hydrogen-bond acceptors (Lipinski definition) is 2. The summed E-state index contributed by atoms with van der Waals surface area (Å²) >= 11 is 0. The molecule has 0 amide bonds. The summed E-state index contributed by atoms with van der Waals surface area (Å²) in [5, 5.41) is 6.80. The van der Waals surface area contributed by atoms with Crippen LogP contribution >= 0.6 is 0 Å². The molecular formula is C13H14F3N3. The summed E-state index contributed by atoms with van der Waals surface area (Å²) < 4.78 is 39.5. The average Bonchev–Trinajstić information content (AvgIpc) is 2.73. The minimum atomic E-state index is -4.23. The van der Waals surface area contributed by atoms with Crippen LogP contribution in [-0.2, 0) is 7.05 Å². The fourth-order valence-corrected chi connectivity index (χ4v) is 1.87. The van der Waals surface area contributed by atoms with Crippen LogP contribution in [-0.4, -0.2) is 16.0 Å². The molecule has 1 heterocycles. The standard InChI is InChI=1S/C13H14F3N3/c1-19-9-11(8-17-19)18-12(7-13(14,15)16)10-5-3-2-4-6-10/h2-6,8-9,12,18H,7H2,1H3. The van der Waals surface area contributed by atoms with Crippen molar-refractivity contribution in [2.45, 2.75) is 18.6 Å². The van der Waals surface area contributed by atoms with E-state index in [1.54, 1.807) is 43.6 Å². The second-order valence-corrected chi connectivity index (χ2v) is 4.33. The molecule has 1 unspecified atom stereocenters. The van der Waals surface area contributed by atoms with Gasteiger partial charge in [-0.3, -0.25) is 4.68 Å². The fraction of sp³-hybridized carbons (Fsp3) is 0.308. The number of anilines is 1. The zero-order chi connectivity index (χ0) is 13.9. The zero-order valence-corrected chi connectivity index (χ0v) is 10.4. The van der Waals surface area contributed by atoms with Crippen molar-refractivity contribution >= 4 is 5.69 Å². The van der Waals surface area contributed by atoms with Crippen molar-refractivity contribution in [3.63, 3.8) is 0 Å². The highest BCUT2D eigenvalue weighted by Crippen LogP contribution is 2.31. The Labute approximate surface area is 109 Å². The first kappa shape index (κ1) is 13.5. The van der Waals surface area contributed by atoms with Crippen LogP contribution in [0.2, 0.25) is 0 Å². The topological polar surface area (TPSA) is 29.9 Å². The number of alkyl halides is 3. The molecule has 3 nitrogen and oxygen atoms in total. The van der Waals surface area contributed by atoms with E-state index in [4.69, 9.17) is 0 Å². The van der Waals surface area contributed by atoms with E-state index in [1.807, 2.05) is 0 Å². The second kappa shape index (κ2) is 5.34. The van der Waals surface area contributed by atoms with Gasteiger partial charge >= 0.3 is 6.18 Å². The first-order valence-electron chi connectivity index (χ1n) is 5.81. The molecule has 0 fully saturated rings. The van der Waals surface area contributed by atoms with Crippen molar-refractivity contribution in [3.05, 3.63) is 48.3 Å². The lowest BCUT2D eigenvalue weighted by atomic mass is 10.0. The summed E-state index contributed by atoms with van der Waals surface area (Å²) in [6.45, 7) is 0. The van der Waals surface area contributed by atoms with Crippen LogP contribution in [0.15, 0.2) is 42.7 Å². The van der Waals surface area contributed by atoms with E-state index < -0.39 is 18.6 Å². The number of hydrogen-bond donors (Lipinski definition) is 1. The van der Waals surface area contributed by atoms with Crippen LogP contribution in [0.25, 0.3) is 0 Å². The molecule has 1 atom stereocenters. The van der Waals surface area contributed by atoms with E-state index in [0.29, 0.717) is 11.3 Å². The minimum absolute atomic E-state index is 0.570. The zero-order valence-electron chi connectivity index (χ0n) is 10.4. The number of halogens is 3. The van der Waals surface area contributed by atoms with Crippen molar-refractivity contribution in [1.29, 1.82) is 0 Å². The maximum absolute atomic E-state index is 12.6. The average molecular weight is 269 g/mol. The lowest BCUT2D eigenvalue weighted by molar-refractivity contribution is -0.137. The Hall–Kier alpha value is -1.98. The normalized spacial score (nSPS) is 13.3. The Bertz CT molecular complexity index is 519. The highest BCUT2D eigenvalue weighted by molar-refractivity contribution is 5.41. The lowest BCUT2D eigenvalue weighted by Gasteiger charge is -2.20. The van der Waals surface area contributed by atoms with E-state index >= 15 is 0 Å². The highest BCUT2D eigenvalue weighted by Gasteiger charge is 2.32. The van der Waals surface area contributed by atoms with Crippen LogP contribution < -0.4 is 5.32 Å². The third kappa shape index (κ3) is 4.01. The maximum Gasteiger partial charge on any atom is 0.391 e. The second-order valence-electron chi connectivity index (χ2n) is 4.33. The van der Waals surface area contributed by atoms with Gasteiger partial charge in [0.1, 0.15) is 0 Å². The first-order chi connectivity index (χ1) is 8.94. The molecule has 2 rings (SSSR count). The Morgan fingerprint density at radius 3 is 2.47 bits per heavy atom. The van der Waals surface area contributed by atoms with E-state index in [2.05, 4.69) is 10.4 Å². The van der Waals surface area contributed by atoms with Crippen molar-refractivity contribution in [2.75, 3.05) is 5.32 Å². The Kier molecular flexibility index (Phi) is 3.78. The monoisotopic (exact) mass is 269 g/mol.